The Kier molecular flexibility index (Phi) is 5.77. The largest absolute Gasteiger partial charge is 0.469 e. The first kappa shape index (κ1) is 20.0. The third-order valence-corrected chi connectivity index (χ3v) is 5.46. The van der Waals surface area contributed by atoms with Crippen LogP contribution in [0.5, 0.6) is 0 Å². The predicted molar refractivity (Wildman–Crippen MR) is 115 cm³/mol. The van der Waals surface area contributed by atoms with E-state index in [9.17, 15) is 9.59 Å². The number of esters is 1. The number of methoxy groups -OCH3 is 1. The van der Waals surface area contributed by atoms with Crippen LogP contribution in [0.15, 0.2) is 66.9 Å². The topological polar surface area (TPSA) is 63.6 Å². The lowest BCUT2D eigenvalue weighted by atomic mass is 10.0. The zero-order valence-corrected chi connectivity index (χ0v) is 17.3. The van der Waals surface area contributed by atoms with E-state index in [1.54, 1.807) is 4.90 Å². The fourth-order valence-electron chi connectivity index (χ4n) is 3.84. The van der Waals surface area contributed by atoms with E-state index in [2.05, 4.69) is 14.6 Å². The van der Waals surface area contributed by atoms with Crippen LogP contribution < -0.4 is 5.32 Å². The molecule has 154 valence electrons. The lowest BCUT2D eigenvalue weighted by Crippen LogP contribution is -2.42. The maximum atomic E-state index is 13.3. The number of nitrogens with one attached hydrogen (secondary N) is 1. The summed E-state index contributed by atoms with van der Waals surface area (Å²) in [7, 11) is 1.33. The molecule has 30 heavy (non-hydrogen) atoms. The summed E-state index contributed by atoms with van der Waals surface area (Å²) in [4.78, 5) is 26.5. The van der Waals surface area contributed by atoms with Gasteiger partial charge in [-0.1, -0.05) is 41.9 Å². The minimum Gasteiger partial charge on any atom is -0.469 e. The van der Waals surface area contributed by atoms with Crippen molar-refractivity contribution in [3.05, 3.63) is 88.7 Å². The van der Waals surface area contributed by atoms with Gasteiger partial charge in [0.15, 0.2) is 0 Å². The molecular weight excluding hydrogens is 402 g/mol. The molecule has 4 rings (SSSR count). The third-order valence-electron chi connectivity index (χ3n) is 5.22. The van der Waals surface area contributed by atoms with Crippen LogP contribution in [0.4, 0.5) is 4.79 Å². The normalized spacial score (nSPS) is 15.0. The molecule has 0 saturated heterocycles. The summed E-state index contributed by atoms with van der Waals surface area (Å²) in [5.41, 5.74) is 3.95. The number of urea groups is 1. The van der Waals surface area contributed by atoms with E-state index in [1.165, 1.54) is 7.11 Å². The van der Waals surface area contributed by atoms with E-state index >= 15 is 0 Å². The zero-order valence-electron chi connectivity index (χ0n) is 16.5. The molecule has 2 heterocycles. The van der Waals surface area contributed by atoms with Gasteiger partial charge in [0.05, 0.1) is 31.8 Å². The fraction of sp³-hybridized carbons (Fsp3) is 0.217. The van der Waals surface area contributed by atoms with Crippen molar-refractivity contribution in [2.75, 3.05) is 13.7 Å². The molecule has 1 aromatic heterocycles. The Morgan fingerprint density at radius 1 is 1.13 bits per heavy atom. The first-order valence-electron chi connectivity index (χ1n) is 9.71. The highest BCUT2D eigenvalue weighted by Gasteiger charge is 2.32. The van der Waals surface area contributed by atoms with Crippen LogP contribution in [0.25, 0.3) is 5.69 Å². The highest BCUT2D eigenvalue weighted by atomic mass is 35.5. The van der Waals surface area contributed by atoms with Gasteiger partial charge in [-0.2, -0.15) is 0 Å². The summed E-state index contributed by atoms with van der Waals surface area (Å²) in [6.07, 6.45) is 2.12. The maximum Gasteiger partial charge on any atom is 0.318 e. The van der Waals surface area contributed by atoms with Crippen LogP contribution in [0.2, 0.25) is 5.02 Å². The number of nitrogens with zero attached hydrogens (tertiary/aromatic N) is 2. The molecule has 0 saturated carbocycles. The highest BCUT2D eigenvalue weighted by Crippen LogP contribution is 2.37. The fourth-order valence-corrected chi connectivity index (χ4v) is 4.04. The number of ether oxygens (including phenoxy) is 1. The SMILES string of the molecule is COC(=O)CCNC(=O)N1Cc2ccccc2-n2cccc2C1c1cccc(Cl)c1. The van der Waals surface area contributed by atoms with Crippen molar-refractivity contribution in [2.45, 2.75) is 19.0 Å². The van der Waals surface area contributed by atoms with E-state index in [4.69, 9.17) is 11.6 Å². The number of fused-ring (bicyclic) bond motifs is 3. The van der Waals surface area contributed by atoms with E-state index < -0.39 is 0 Å². The summed E-state index contributed by atoms with van der Waals surface area (Å²) >= 11 is 6.28. The van der Waals surface area contributed by atoms with Gasteiger partial charge in [0.25, 0.3) is 0 Å². The molecule has 0 aliphatic carbocycles. The van der Waals surface area contributed by atoms with Crippen LogP contribution in [0.3, 0.4) is 0 Å². The summed E-state index contributed by atoms with van der Waals surface area (Å²) in [6, 6.07) is 19.0. The second-order valence-electron chi connectivity index (χ2n) is 7.08. The standard InChI is InChI=1S/C23H22ClN3O3/c1-30-21(28)11-12-25-23(29)27-15-17-6-2-3-9-19(17)26-13-5-10-20(26)22(27)16-7-4-8-18(24)14-16/h2-10,13-14,22H,11-12,15H2,1H3,(H,25,29). The smallest absolute Gasteiger partial charge is 0.318 e. The van der Waals surface area contributed by atoms with Crippen molar-refractivity contribution < 1.29 is 14.3 Å². The second-order valence-corrected chi connectivity index (χ2v) is 7.51. The Labute approximate surface area is 180 Å². The maximum absolute atomic E-state index is 13.3. The molecule has 2 aromatic carbocycles. The van der Waals surface area contributed by atoms with Crippen molar-refractivity contribution in [2.24, 2.45) is 0 Å². The van der Waals surface area contributed by atoms with Crippen molar-refractivity contribution in [1.29, 1.82) is 0 Å². The van der Waals surface area contributed by atoms with Gasteiger partial charge in [0, 0.05) is 23.5 Å². The molecule has 1 aliphatic heterocycles. The van der Waals surface area contributed by atoms with Gasteiger partial charge in [0.1, 0.15) is 0 Å². The van der Waals surface area contributed by atoms with Crippen molar-refractivity contribution in [3.63, 3.8) is 0 Å². The Balaban J connectivity index is 1.76. The molecule has 1 unspecified atom stereocenters. The monoisotopic (exact) mass is 423 g/mol. The summed E-state index contributed by atoms with van der Waals surface area (Å²) in [5, 5.41) is 3.47. The molecule has 7 heteroatoms. The molecule has 3 aromatic rings. The Morgan fingerprint density at radius 2 is 1.97 bits per heavy atom. The Morgan fingerprint density at radius 3 is 2.77 bits per heavy atom. The van der Waals surface area contributed by atoms with Crippen LogP contribution in [0.1, 0.15) is 29.3 Å². The van der Waals surface area contributed by atoms with Gasteiger partial charge >= 0.3 is 12.0 Å². The second kappa shape index (κ2) is 8.63. The number of aromatic nitrogens is 1. The van der Waals surface area contributed by atoms with E-state index in [-0.39, 0.29) is 31.0 Å². The van der Waals surface area contributed by atoms with E-state index in [1.807, 2.05) is 66.9 Å². The number of carbonyl (C=O) groups excluding carboxylic acids is 2. The highest BCUT2D eigenvalue weighted by molar-refractivity contribution is 6.30. The number of rotatable bonds is 4. The molecule has 0 bridgehead atoms. The van der Waals surface area contributed by atoms with Gasteiger partial charge in [-0.05, 0) is 41.5 Å². The van der Waals surface area contributed by atoms with Crippen molar-refractivity contribution >= 4 is 23.6 Å². The summed E-state index contributed by atoms with van der Waals surface area (Å²) < 4.78 is 6.78. The van der Waals surface area contributed by atoms with Crippen LogP contribution >= 0.6 is 11.6 Å². The van der Waals surface area contributed by atoms with Gasteiger partial charge in [-0.3, -0.25) is 4.79 Å². The first-order chi connectivity index (χ1) is 14.6. The molecule has 1 aliphatic rings. The van der Waals surface area contributed by atoms with Crippen LogP contribution in [-0.2, 0) is 16.1 Å². The number of carbonyl (C=O) groups is 2. The Hall–Kier alpha value is -3.25. The predicted octanol–water partition coefficient (Wildman–Crippen LogP) is 4.31. The number of benzene rings is 2. The van der Waals surface area contributed by atoms with E-state index in [0.29, 0.717) is 11.6 Å². The first-order valence-corrected chi connectivity index (χ1v) is 10.1. The molecule has 1 N–H and O–H groups in total. The molecule has 0 fully saturated rings. The molecule has 2 amide bonds. The van der Waals surface area contributed by atoms with Crippen LogP contribution in [-0.4, -0.2) is 35.1 Å². The average molecular weight is 424 g/mol. The number of halogens is 1. The van der Waals surface area contributed by atoms with Gasteiger partial charge < -0.3 is 19.5 Å². The quantitative estimate of drug-likeness (QED) is 0.636. The van der Waals surface area contributed by atoms with E-state index in [0.717, 1.165) is 22.5 Å². The number of hydrogen-bond donors (Lipinski definition) is 1. The van der Waals surface area contributed by atoms with Gasteiger partial charge in [-0.15, -0.1) is 0 Å². The molecule has 1 atom stereocenters. The van der Waals surface area contributed by atoms with Crippen molar-refractivity contribution in [3.8, 4) is 5.69 Å². The summed E-state index contributed by atoms with van der Waals surface area (Å²) in [6.45, 7) is 0.617. The number of amides is 2. The van der Waals surface area contributed by atoms with Gasteiger partial charge in [0.2, 0.25) is 0 Å². The molecule has 0 spiro atoms. The Bertz CT molecular complexity index is 1080. The van der Waals surface area contributed by atoms with Crippen LogP contribution in [0, 0.1) is 0 Å². The third kappa shape index (κ3) is 3.91. The zero-order chi connectivity index (χ0) is 21.1. The molecular formula is C23H22ClN3O3. The minimum absolute atomic E-state index is 0.116. The average Bonchev–Trinajstić information content (AvgIpc) is 3.17. The lowest BCUT2D eigenvalue weighted by molar-refractivity contribution is -0.140. The molecule has 0 radical (unpaired) electrons. The number of hydrogen-bond acceptors (Lipinski definition) is 3. The van der Waals surface area contributed by atoms with Crippen molar-refractivity contribution in [1.82, 2.24) is 14.8 Å². The molecule has 6 nitrogen and oxygen atoms in total. The lowest BCUT2D eigenvalue weighted by Gasteiger charge is -2.31. The number of para-hydroxylation sites is 1. The summed E-state index contributed by atoms with van der Waals surface area (Å²) in [5.74, 6) is -0.364. The minimum atomic E-state index is -0.364. The van der Waals surface area contributed by atoms with Gasteiger partial charge in [-0.25, -0.2) is 4.79 Å².